The number of ether oxygens (including phenoxy) is 3. The monoisotopic (exact) mass is 321 g/mol. The average Bonchev–Trinajstić information content (AvgIpc) is 3.20. The first-order chi connectivity index (χ1) is 11.1. The third kappa shape index (κ3) is 3.73. The molecule has 0 unspecified atom stereocenters. The molecule has 23 heavy (non-hydrogen) atoms. The number of rotatable bonds is 6. The minimum absolute atomic E-state index is 0.0262. The summed E-state index contributed by atoms with van der Waals surface area (Å²) in [5, 5.41) is 8.90. The molecule has 1 atom stereocenters. The molecule has 0 bridgehead atoms. The highest BCUT2D eigenvalue weighted by molar-refractivity contribution is 5.95. The Morgan fingerprint density at radius 3 is 2.83 bits per heavy atom. The Labute approximate surface area is 133 Å². The minimum Gasteiger partial charge on any atom is -0.481 e. The molecule has 1 aromatic rings. The van der Waals surface area contributed by atoms with E-state index in [9.17, 15) is 9.59 Å². The van der Waals surface area contributed by atoms with Crippen molar-refractivity contribution in [2.24, 2.45) is 0 Å². The van der Waals surface area contributed by atoms with Gasteiger partial charge in [-0.05, 0) is 31.0 Å². The minimum atomic E-state index is -0.930. The highest BCUT2D eigenvalue weighted by Gasteiger charge is 2.25. The van der Waals surface area contributed by atoms with Crippen molar-refractivity contribution in [1.29, 1.82) is 0 Å². The summed E-state index contributed by atoms with van der Waals surface area (Å²) in [6.45, 7) is 1.39. The Morgan fingerprint density at radius 1 is 1.26 bits per heavy atom. The molecule has 2 aliphatic rings. The van der Waals surface area contributed by atoms with Crippen molar-refractivity contribution in [3.63, 3.8) is 0 Å². The van der Waals surface area contributed by atoms with Gasteiger partial charge in [0.1, 0.15) is 0 Å². The van der Waals surface area contributed by atoms with Crippen LogP contribution < -0.4 is 9.47 Å². The van der Waals surface area contributed by atoms with Gasteiger partial charge in [-0.3, -0.25) is 9.59 Å². The molecule has 0 aromatic heterocycles. The second-order valence-electron chi connectivity index (χ2n) is 5.60. The molecule has 1 aromatic carbocycles. The third-order valence-corrected chi connectivity index (χ3v) is 3.95. The van der Waals surface area contributed by atoms with Gasteiger partial charge in [-0.25, -0.2) is 0 Å². The molecule has 7 nitrogen and oxygen atoms in total. The van der Waals surface area contributed by atoms with Gasteiger partial charge in [-0.1, -0.05) is 0 Å². The molecule has 2 aliphatic heterocycles. The molecular formula is C16H19NO6. The van der Waals surface area contributed by atoms with Crippen molar-refractivity contribution >= 4 is 11.9 Å². The molecule has 1 amide bonds. The van der Waals surface area contributed by atoms with Gasteiger partial charge in [-0.15, -0.1) is 0 Å². The van der Waals surface area contributed by atoms with Gasteiger partial charge in [0, 0.05) is 25.3 Å². The van der Waals surface area contributed by atoms with Crippen molar-refractivity contribution in [3.8, 4) is 11.5 Å². The van der Waals surface area contributed by atoms with Gasteiger partial charge < -0.3 is 24.2 Å². The first kappa shape index (κ1) is 15.6. The predicted molar refractivity (Wildman–Crippen MR) is 79.7 cm³/mol. The van der Waals surface area contributed by atoms with E-state index >= 15 is 0 Å². The molecule has 3 rings (SSSR count). The number of nitrogens with zero attached hydrogens (tertiary/aromatic N) is 1. The smallest absolute Gasteiger partial charge is 0.305 e. The molecule has 2 heterocycles. The van der Waals surface area contributed by atoms with E-state index < -0.39 is 5.97 Å². The second kappa shape index (κ2) is 6.87. The maximum atomic E-state index is 12.7. The summed E-state index contributed by atoms with van der Waals surface area (Å²) in [6, 6.07) is 4.99. The van der Waals surface area contributed by atoms with Crippen LogP contribution >= 0.6 is 0 Å². The Hall–Kier alpha value is -2.28. The summed E-state index contributed by atoms with van der Waals surface area (Å²) < 4.78 is 16.1. The van der Waals surface area contributed by atoms with E-state index in [0.29, 0.717) is 30.2 Å². The average molecular weight is 321 g/mol. The molecule has 0 radical (unpaired) electrons. The van der Waals surface area contributed by atoms with Crippen LogP contribution in [0.15, 0.2) is 18.2 Å². The molecule has 1 saturated heterocycles. The maximum absolute atomic E-state index is 12.7. The van der Waals surface area contributed by atoms with Crippen molar-refractivity contribution in [2.45, 2.75) is 25.4 Å². The molecule has 0 aliphatic carbocycles. The largest absolute Gasteiger partial charge is 0.481 e. The van der Waals surface area contributed by atoms with E-state index in [2.05, 4.69) is 0 Å². The van der Waals surface area contributed by atoms with E-state index in [1.165, 1.54) is 0 Å². The number of fused-ring (bicyclic) bond motifs is 1. The fourth-order valence-electron chi connectivity index (χ4n) is 2.75. The van der Waals surface area contributed by atoms with E-state index in [1.54, 1.807) is 23.1 Å². The first-order valence-electron chi connectivity index (χ1n) is 7.66. The van der Waals surface area contributed by atoms with Gasteiger partial charge >= 0.3 is 5.97 Å². The zero-order chi connectivity index (χ0) is 16.2. The van der Waals surface area contributed by atoms with Crippen molar-refractivity contribution in [3.05, 3.63) is 23.8 Å². The van der Waals surface area contributed by atoms with Crippen molar-refractivity contribution in [2.75, 3.05) is 26.5 Å². The number of hydrogen-bond donors (Lipinski definition) is 1. The topological polar surface area (TPSA) is 85.3 Å². The number of carboxylic acids is 1. The molecule has 0 saturated carbocycles. The summed E-state index contributed by atoms with van der Waals surface area (Å²) >= 11 is 0. The molecule has 124 valence electrons. The number of benzene rings is 1. The number of carbonyl (C=O) groups excluding carboxylic acids is 1. The zero-order valence-corrected chi connectivity index (χ0v) is 12.7. The fourth-order valence-corrected chi connectivity index (χ4v) is 2.75. The van der Waals surface area contributed by atoms with Crippen molar-refractivity contribution in [1.82, 2.24) is 4.90 Å². The number of aliphatic carboxylic acids is 1. The Kier molecular flexibility index (Phi) is 4.66. The Bertz CT molecular complexity index is 596. The second-order valence-corrected chi connectivity index (χ2v) is 5.60. The number of hydrogen-bond acceptors (Lipinski definition) is 5. The standard InChI is InChI=1S/C16H19NO6/c18-15(19)5-6-17(9-12-2-1-7-21-12)16(20)11-3-4-13-14(8-11)23-10-22-13/h3-4,8,12H,1-2,5-7,9-10H2,(H,18,19)/t12-/m1/s1. The van der Waals surface area contributed by atoms with Crippen LogP contribution in [-0.2, 0) is 9.53 Å². The summed E-state index contributed by atoms with van der Waals surface area (Å²) in [6.07, 6.45) is 1.73. The summed E-state index contributed by atoms with van der Waals surface area (Å²) in [7, 11) is 0. The van der Waals surface area contributed by atoms with Crippen LogP contribution in [0.2, 0.25) is 0 Å². The lowest BCUT2D eigenvalue weighted by atomic mass is 10.1. The number of amides is 1. The predicted octanol–water partition coefficient (Wildman–Crippen LogP) is 1.51. The zero-order valence-electron chi connectivity index (χ0n) is 12.7. The van der Waals surface area contributed by atoms with E-state index in [4.69, 9.17) is 19.3 Å². The summed E-state index contributed by atoms with van der Waals surface area (Å²) in [4.78, 5) is 25.1. The molecule has 7 heteroatoms. The number of carboxylic acid groups (broad SMARTS) is 1. The molecule has 1 N–H and O–H groups in total. The van der Waals surface area contributed by atoms with Gasteiger partial charge in [0.15, 0.2) is 11.5 Å². The van der Waals surface area contributed by atoms with Gasteiger partial charge in [0.2, 0.25) is 6.79 Å². The Morgan fingerprint density at radius 2 is 2.09 bits per heavy atom. The lowest BCUT2D eigenvalue weighted by Crippen LogP contribution is -2.38. The molecular weight excluding hydrogens is 302 g/mol. The highest BCUT2D eigenvalue weighted by atomic mass is 16.7. The fraction of sp³-hybridized carbons (Fsp3) is 0.500. The molecule has 0 spiro atoms. The third-order valence-electron chi connectivity index (χ3n) is 3.95. The van der Waals surface area contributed by atoms with Gasteiger partial charge in [0.05, 0.1) is 12.5 Å². The highest BCUT2D eigenvalue weighted by Crippen LogP contribution is 2.32. The van der Waals surface area contributed by atoms with Crippen LogP contribution in [0.4, 0.5) is 0 Å². The van der Waals surface area contributed by atoms with E-state index in [1.807, 2.05) is 0 Å². The van der Waals surface area contributed by atoms with Gasteiger partial charge in [-0.2, -0.15) is 0 Å². The summed E-state index contributed by atoms with van der Waals surface area (Å²) in [5.41, 5.74) is 0.456. The number of carbonyl (C=O) groups is 2. The quantitative estimate of drug-likeness (QED) is 0.855. The van der Waals surface area contributed by atoms with Crippen LogP contribution in [-0.4, -0.2) is 54.5 Å². The van der Waals surface area contributed by atoms with E-state index in [-0.39, 0.29) is 31.8 Å². The SMILES string of the molecule is O=C(O)CCN(C[C@H]1CCCO1)C(=O)c1ccc2c(c1)OCO2. The van der Waals surface area contributed by atoms with Crippen LogP contribution in [0.3, 0.4) is 0 Å². The normalized spacial score (nSPS) is 18.9. The van der Waals surface area contributed by atoms with Crippen molar-refractivity contribution < 1.29 is 28.9 Å². The van der Waals surface area contributed by atoms with Crippen LogP contribution in [0.5, 0.6) is 11.5 Å². The molecule has 1 fully saturated rings. The van der Waals surface area contributed by atoms with Crippen LogP contribution in [0.25, 0.3) is 0 Å². The lowest BCUT2D eigenvalue weighted by Gasteiger charge is -2.25. The van der Waals surface area contributed by atoms with Crippen LogP contribution in [0, 0.1) is 0 Å². The Balaban J connectivity index is 1.73. The first-order valence-corrected chi connectivity index (χ1v) is 7.66. The summed E-state index contributed by atoms with van der Waals surface area (Å²) in [5.74, 6) is -0.00945. The van der Waals surface area contributed by atoms with Gasteiger partial charge in [0.25, 0.3) is 5.91 Å². The van der Waals surface area contributed by atoms with Crippen LogP contribution in [0.1, 0.15) is 29.6 Å². The lowest BCUT2D eigenvalue weighted by molar-refractivity contribution is -0.137. The maximum Gasteiger partial charge on any atom is 0.305 e. The van der Waals surface area contributed by atoms with E-state index in [0.717, 1.165) is 12.8 Å².